The Morgan fingerprint density at radius 1 is 1.33 bits per heavy atom. The van der Waals surface area contributed by atoms with Crippen LogP contribution < -0.4 is 5.32 Å². The summed E-state index contributed by atoms with van der Waals surface area (Å²) in [5.74, 6) is 0.652. The monoisotopic (exact) mass is 318 g/mol. The van der Waals surface area contributed by atoms with Crippen molar-refractivity contribution in [3.63, 3.8) is 0 Å². The Labute approximate surface area is 134 Å². The van der Waals surface area contributed by atoms with Crippen molar-refractivity contribution in [2.75, 3.05) is 13.1 Å². The van der Waals surface area contributed by atoms with Crippen LogP contribution >= 0.6 is 22.9 Å². The zero-order chi connectivity index (χ0) is 14.7. The summed E-state index contributed by atoms with van der Waals surface area (Å²) in [5, 5.41) is 5.27. The Hall–Kier alpha value is -1.16. The minimum absolute atomic E-state index is 0.652. The van der Waals surface area contributed by atoms with E-state index in [4.69, 9.17) is 11.6 Å². The molecule has 2 heterocycles. The quantitative estimate of drug-likeness (QED) is 0.880. The standard InChI is InChI=1S/C17H19ClN2S/c1-12-16(9-4-13-3-2-10-19-11-13)21-17(20-12)14-5-7-15(18)8-6-14/h4-9,13,19H,2-3,10-11H2,1H3. The number of piperidine rings is 1. The van der Waals surface area contributed by atoms with Crippen LogP contribution in [0.4, 0.5) is 0 Å². The van der Waals surface area contributed by atoms with Crippen molar-refractivity contribution in [2.24, 2.45) is 5.92 Å². The molecule has 1 unspecified atom stereocenters. The van der Waals surface area contributed by atoms with E-state index in [9.17, 15) is 0 Å². The Morgan fingerprint density at radius 3 is 2.86 bits per heavy atom. The normalized spacial score (nSPS) is 19.2. The van der Waals surface area contributed by atoms with Crippen LogP contribution in [0.2, 0.25) is 5.02 Å². The third-order valence-corrected chi connectivity index (χ3v) is 5.20. The van der Waals surface area contributed by atoms with E-state index in [1.54, 1.807) is 11.3 Å². The highest BCUT2D eigenvalue weighted by atomic mass is 35.5. The van der Waals surface area contributed by atoms with Gasteiger partial charge in [0.15, 0.2) is 0 Å². The summed E-state index contributed by atoms with van der Waals surface area (Å²) in [7, 11) is 0. The second kappa shape index (κ2) is 6.73. The van der Waals surface area contributed by atoms with Crippen molar-refractivity contribution in [1.82, 2.24) is 10.3 Å². The molecular weight excluding hydrogens is 300 g/mol. The third-order valence-electron chi connectivity index (χ3n) is 3.78. The first kappa shape index (κ1) is 14.8. The molecule has 1 N–H and O–H groups in total. The highest BCUT2D eigenvalue weighted by Crippen LogP contribution is 2.30. The number of benzene rings is 1. The van der Waals surface area contributed by atoms with E-state index < -0.39 is 0 Å². The highest BCUT2D eigenvalue weighted by Gasteiger charge is 2.11. The Kier molecular flexibility index (Phi) is 4.73. The molecule has 0 amide bonds. The van der Waals surface area contributed by atoms with Gasteiger partial charge in [-0.05, 0) is 50.4 Å². The smallest absolute Gasteiger partial charge is 0.124 e. The Morgan fingerprint density at radius 2 is 2.14 bits per heavy atom. The van der Waals surface area contributed by atoms with Crippen molar-refractivity contribution in [3.8, 4) is 10.6 Å². The SMILES string of the molecule is Cc1nc(-c2ccc(Cl)cc2)sc1C=CC1CCCNC1. The number of rotatable bonds is 3. The molecule has 0 bridgehead atoms. The molecule has 21 heavy (non-hydrogen) atoms. The topological polar surface area (TPSA) is 24.9 Å². The maximum Gasteiger partial charge on any atom is 0.124 e. The van der Waals surface area contributed by atoms with Gasteiger partial charge >= 0.3 is 0 Å². The van der Waals surface area contributed by atoms with E-state index in [1.165, 1.54) is 17.7 Å². The molecule has 0 spiro atoms. The molecular formula is C17H19ClN2S. The van der Waals surface area contributed by atoms with Crippen LogP contribution in [0.25, 0.3) is 16.6 Å². The van der Waals surface area contributed by atoms with E-state index in [2.05, 4.69) is 29.4 Å². The molecule has 4 heteroatoms. The summed E-state index contributed by atoms with van der Waals surface area (Å²) < 4.78 is 0. The van der Waals surface area contributed by atoms with Gasteiger partial charge in [-0.1, -0.05) is 29.8 Å². The van der Waals surface area contributed by atoms with Crippen molar-refractivity contribution in [2.45, 2.75) is 19.8 Å². The highest BCUT2D eigenvalue weighted by molar-refractivity contribution is 7.16. The second-order valence-electron chi connectivity index (χ2n) is 5.44. The van der Waals surface area contributed by atoms with Crippen molar-refractivity contribution < 1.29 is 0 Å². The molecule has 110 valence electrons. The number of thiazole rings is 1. The molecule has 1 aliphatic rings. The van der Waals surface area contributed by atoms with Gasteiger partial charge in [-0.15, -0.1) is 11.3 Å². The molecule has 1 fully saturated rings. The molecule has 1 aromatic heterocycles. The summed E-state index contributed by atoms with van der Waals surface area (Å²) in [6.45, 7) is 4.33. The number of hydrogen-bond acceptors (Lipinski definition) is 3. The van der Waals surface area contributed by atoms with Crippen molar-refractivity contribution in [3.05, 3.63) is 45.9 Å². The maximum atomic E-state index is 5.94. The Balaban J connectivity index is 1.77. The fourth-order valence-electron chi connectivity index (χ4n) is 2.55. The van der Waals surface area contributed by atoms with E-state index in [0.29, 0.717) is 5.92 Å². The number of hydrogen-bond donors (Lipinski definition) is 1. The van der Waals surface area contributed by atoms with Gasteiger partial charge in [-0.25, -0.2) is 4.98 Å². The lowest BCUT2D eigenvalue weighted by atomic mass is 9.99. The summed E-state index contributed by atoms with van der Waals surface area (Å²) in [4.78, 5) is 5.94. The summed E-state index contributed by atoms with van der Waals surface area (Å²) in [6, 6.07) is 7.88. The maximum absolute atomic E-state index is 5.94. The summed E-state index contributed by atoms with van der Waals surface area (Å²) in [6.07, 6.45) is 7.13. The van der Waals surface area contributed by atoms with E-state index in [1.807, 2.05) is 24.3 Å². The van der Waals surface area contributed by atoms with Crippen LogP contribution in [-0.4, -0.2) is 18.1 Å². The molecule has 0 saturated carbocycles. The first-order chi connectivity index (χ1) is 10.2. The number of halogens is 1. The van der Waals surface area contributed by atoms with Crippen LogP contribution in [0.15, 0.2) is 30.3 Å². The van der Waals surface area contributed by atoms with Crippen LogP contribution in [0, 0.1) is 12.8 Å². The Bertz CT molecular complexity index is 625. The number of aryl methyl sites for hydroxylation is 1. The molecule has 1 aromatic carbocycles. The lowest BCUT2D eigenvalue weighted by Crippen LogP contribution is -2.28. The zero-order valence-electron chi connectivity index (χ0n) is 12.1. The number of nitrogens with one attached hydrogen (secondary N) is 1. The summed E-state index contributed by atoms with van der Waals surface area (Å²) >= 11 is 7.68. The van der Waals surface area contributed by atoms with E-state index in [0.717, 1.165) is 34.4 Å². The van der Waals surface area contributed by atoms with Crippen LogP contribution in [0.5, 0.6) is 0 Å². The molecule has 2 aromatic rings. The minimum Gasteiger partial charge on any atom is -0.316 e. The fourth-order valence-corrected chi connectivity index (χ4v) is 3.66. The van der Waals surface area contributed by atoms with E-state index in [-0.39, 0.29) is 0 Å². The second-order valence-corrected chi connectivity index (χ2v) is 6.91. The van der Waals surface area contributed by atoms with Gasteiger partial charge < -0.3 is 5.32 Å². The van der Waals surface area contributed by atoms with Gasteiger partial charge in [-0.2, -0.15) is 0 Å². The lowest BCUT2D eigenvalue weighted by Gasteiger charge is -2.19. The molecule has 1 atom stereocenters. The number of aromatic nitrogens is 1. The molecule has 2 nitrogen and oxygen atoms in total. The predicted octanol–water partition coefficient (Wildman–Crippen LogP) is 4.78. The van der Waals surface area contributed by atoms with Gasteiger partial charge in [0, 0.05) is 17.1 Å². The molecule has 3 rings (SSSR count). The largest absolute Gasteiger partial charge is 0.316 e. The average Bonchev–Trinajstić information content (AvgIpc) is 2.88. The van der Waals surface area contributed by atoms with Gasteiger partial charge in [0.2, 0.25) is 0 Å². The molecule has 1 saturated heterocycles. The minimum atomic E-state index is 0.652. The number of nitrogens with zero attached hydrogens (tertiary/aromatic N) is 1. The lowest BCUT2D eigenvalue weighted by molar-refractivity contribution is 0.439. The zero-order valence-corrected chi connectivity index (χ0v) is 13.7. The molecule has 0 aliphatic carbocycles. The summed E-state index contributed by atoms with van der Waals surface area (Å²) in [5.41, 5.74) is 2.23. The van der Waals surface area contributed by atoms with E-state index >= 15 is 0 Å². The first-order valence-corrected chi connectivity index (χ1v) is 8.54. The fraction of sp³-hybridized carbons (Fsp3) is 0.353. The van der Waals surface area contributed by atoms with Crippen LogP contribution in [0.1, 0.15) is 23.4 Å². The van der Waals surface area contributed by atoms with Gasteiger partial charge in [0.05, 0.1) is 10.6 Å². The van der Waals surface area contributed by atoms with Crippen LogP contribution in [-0.2, 0) is 0 Å². The average molecular weight is 319 g/mol. The first-order valence-electron chi connectivity index (χ1n) is 7.34. The predicted molar refractivity (Wildman–Crippen MR) is 91.9 cm³/mol. The van der Waals surface area contributed by atoms with Crippen LogP contribution in [0.3, 0.4) is 0 Å². The van der Waals surface area contributed by atoms with Gasteiger partial charge in [0.1, 0.15) is 5.01 Å². The molecule has 0 radical (unpaired) electrons. The van der Waals surface area contributed by atoms with Crippen molar-refractivity contribution in [1.29, 1.82) is 0 Å². The molecule has 1 aliphatic heterocycles. The third kappa shape index (κ3) is 3.73. The van der Waals surface area contributed by atoms with Gasteiger partial charge in [0.25, 0.3) is 0 Å². The van der Waals surface area contributed by atoms with Gasteiger partial charge in [-0.3, -0.25) is 0 Å². The van der Waals surface area contributed by atoms with Crippen molar-refractivity contribution >= 4 is 29.0 Å².